The molecule has 0 saturated heterocycles. The van der Waals surface area contributed by atoms with Gasteiger partial charge in [-0.15, -0.1) is 0 Å². The molecule has 0 saturated carbocycles. The molecule has 0 amide bonds. The molecule has 0 aromatic heterocycles. The fraction of sp³-hybridized carbons (Fsp3) is 0.167. The van der Waals surface area contributed by atoms with Crippen LogP contribution in [0.15, 0.2) is 71.2 Å². The summed E-state index contributed by atoms with van der Waals surface area (Å²) in [6.07, 6.45) is 0.422. The molecule has 1 spiro atoms. The third-order valence-corrected chi connectivity index (χ3v) is 6.21. The van der Waals surface area contributed by atoms with Crippen LogP contribution in [0.4, 0.5) is 5.69 Å². The highest BCUT2D eigenvalue weighted by atomic mass is 16.5. The number of allylic oxidation sites excluding steroid dienone is 3. The van der Waals surface area contributed by atoms with Crippen molar-refractivity contribution in [3.05, 3.63) is 82.3 Å². The van der Waals surface area contributed by atoms with Gasteiger partial charge in [-0.3, -0.25) is 19.3 Å². The molecule has 0 radical (unpaired) electrons. The lowest BCUT2D eigenvalue weighted by molar-refractivity contribution is -0.115. The van der Waals surface area contributed by atoms with E-state index in [1.807, 2.05) is 6.07 Å². The van der Waals surface area contributed by atoms with E-state index in [9.17, 15) is 19.6 Å². The molecule has 2 N–H and O–H groups in total. The van der Waals surface area contributed by atoms with E-state index in [1.165, 1.54) is 7.11 Å². The lowest BCUT2D eigenvalue weighted by atomic mass is 9.67. The van der Waals surface area contributed by atoms with Gasteiger partial charge in [-0.05, 0) is 18.6 Å². The molecule has 31 heavy (non-hydrogen) atoms. The lowest BCUT2D eigenvalue weighted by Crippen LogP contribution is -2.47. The van der Waals surface area contributed by atoms with Crippen molar-refractivity contribution in [1.82, 2.24) is 0 Å². The number of carbonyl (C=O) groups excluding carboxylic acids is 3. The number of hydrogen-bond acceptors (Lipinski definition) is 7. The summed E-state index contributed by atoms with van der Waals surface area (Å²) >= 11 is 0. The number of hydrogen-bond donors (Lipinski definition) is 1. The fourth-order valence-electron chi connectivity index (χ4n) is 4.94. The van der Waals surface area contributed by atoms with Gasteiger partial charge in [0.2, 0.25) is 0 Å². The molecule has 3 aliphatic rings. The van der Waals surface area contributed by atoms with Crippen molar-refractivity contribution in [2.45, 2.75) is 12.8 Å². The molecular formula is C24H17N3O4. The molecule has 5 rings (SSSR count). The van der Waals surface area contributed by atoms with Crippen LogP contribution in [0.5, 0.6) is 5.75 Å². The Labute approximate surface area is 178 Å². The van der Waals surface area contributed by atoms with Crippen molar-refractivity contribution in [3.8, 4) is 11.8 Å². The zero-order valence-electron chi connectivity index (χ0n) is 16.6. The van der Waals surface area contributed by atoms with Gasteiger partial charge < -0.3 is 10.5 Å². The maximum absolute atomic E-state index is 13.7. The van der Waals surface area contributed by atoms with Gasteiger partial charge >= 0.3 is 0 Å². The first-order chi connectivity index (χ1) is 15.0. The molecule has 7 nitrogen and oxygen atoms in total. The first kappa shape index (κ1) is 18.8. The van der Waals surface area contributed by atoms with Gasteiger partial charge in [0.05, 0.1) is 18.4 Å². The van der Waals surface area contributed by atoms with Crippen LogP contribution in [0, 0.1) is 16.7 Å². The van der Waals surface area contributed by atoms with Crippen LogP contribution in [-0.4, -0.2) is 24.5 Å². The van der Waals surface area contributed by atoms with E-state index < -0.39 is 17.0 Å². The summed E-state index contributed by atoms with van der Waals surface area (Å²) in [4.78, 5) is 42.0. The molecular weight excluding hydrogens is 394 g/mol. The SMILES string of the molecule is COc1ccccc1N1C(N)=C(C#N)C2(C(=O)c3ccccc3C2=O)C2=C1CCC2=O. The summed E-state index contributed by atoms with van der Waals surface area (Å²) in [5.41, 5.74) is 5.67. The van der Waals surface area contributed by atoms with Crippen molar-refractivity contribution in [3.63, 3.8) is 0 Å². The molecule has 0 unspecified atom stereocenters. The van der Waals surface area contributed by atoms with E-state index in [0.717, 1.165) is 0 Å². The second-order valence-electron chi connectivity index (χ2n) is 7.58. The van der Waals surface area contributed by atoms with Gasteiger partial charge in [-0.1, -0.05) is 36.4 Å². The van der Waals surface area contributed by atoms with Crippen LogP contribution in [0.3, 0.4) is 0 Å². The largest absolute Gasteiger partial charge is 0.495 e. The van der Waals surface area contributed by atoms with Gasteiger partial charge in [0, 0.05) is 28.8 Å². The fourth-order valence-corrected chi connectivity index (χ4v) is 4.94. The van der Waals surface area contributed by atoms with Crippen molar-refractivity contribution in [2.24, 2.45) is 11.1 Å². The number of nitrogens with two attached hydrogens (primary N) is 1. The highest BCUT2D eigenvalue weighted by Crippen LogP contribution is 2.56. The molecule has 1 heterocycles. The van der Waals surface area contributed by atoms with E-state index in [4.69, 9.17) is 10.5 Å². The summed E-state index contributed by atoms with van der Waals surface area (Å²) in [6, 6.07) is 15.4. The van der Waals surface area contributed by atoms with Gasteiger partial charge in [0.25, 0.3) is 0 Å². The lowest BCUT2D eigenvalue weighted by Gasteiger charge is -2.39. The Hall–Kier alpha value is -4.18. The summed E-state index contributed by atoms with van der Waals surface area (Å²) in [6.45, 7) is 0. The summed E-state index contributed by atoms with van der Waals surface area (Å²) < 4.78 is 5.46. The van der Waals surface area contributed by atoms with Gasteiger partial charge in [0.15, 0.2) is 22.8 Å². The first-order valence-corrected chi connectivity index (χ1v) is 9.77. The number of para-hydroxylation sites is 2. The zero-order chi connectivity index (χ0) is 21.9. The summed E-state index contributed by atoms with van der Waals surface area (Å²) in [7, 11) is 1.51. The molecule has 152 valence electrons. The van der Waals surface area contributed by atoms with Crippen molar-refractivity contribution in [2.75, 3.05) is 12.0 Å². The quantitative estimate of drug-likeness (QED) is 0.756. The molecule has 2 aromatic carbocycles. The van der Waals surface area contributed by atoms with E-state index in [0.29, 0.717) is 23.6 Å². The van der Waals surface area contributed by atoms with Crippen LogP contribution in [0.2, 0.25) is 0 Å². The molecule has 2 aromatic rings. The number of rotatable bonds is 2. The highest BCUT2D eigenvalue weighted by Gasteiger charge is 2.64. The third-order valence-electron chi connectivity index (χ3n) is 6.21. The highest BCUT2D eigenvalue weighted by molar-refractivity contribution is 6.37. The van der Waals surface area contributed by atoms with Crippen LogP contribution in [0.1, 0.15) is 33.6 Å². The minimum absolute atomic E-state index is 0.0463. The second kappa shape index (κ2) is 6.41. The number of fused-ring (bicyclic) bond motifs is 2. The number of anilines is 1. The Bertz CT molecular complexity index is 1280. The van der Waals surface area contributed by atoms with Crippen LogP contribution < -0.4 is 15.4 Å². The molecule has 7 heteroatoms. The molecule has 2 aliphatic carbocycles. The molecule has 0 bridgehead atoms. The Balaban J connectivity index is 1.86. The number of ether oxygens (including phenoxy) is 1. The van der Waals surface area contributed by atoms with E-state index in [1.54, 1.807) is 53.4 Å². The Morgan fingerprint density at radius 1 is 1.00 bits per heavy atom. The normalized spacial score (nSPS) is 19.1. The molecule has 1 aliphatic heterocycles. The van der Waals surface area contributed by atoms with Gasteiger partial charge in [-0.2, -0.15) is 5.26 Å². The summed E-state index contributed by atoms with van der Waals surface area (Å²) in [5.74, 6) is -1.04. The van der Waals surface area contributed by atoms with Crippen molar-refractivity contribution in [1.29, 1.82) is 5.26 Å². The van der Waals surface area contributed by atoms with E-state index in [-0.39, 0.29) is 40.3 Å². The average Bonchev–Trinajstić information content (AvgIpc) is 3.27. The maximum atomic E-state index is 13.7. The number of benzene rings is 2. The number of Topliss-reactive ketones (excluding diaryl/α,β-unsaturated/α-hetero) is 3. The number of ketones is 3. The third kappa shape index (κ3) is 2.14. The number of methoxy groups -OCH3 is 1. The Morgan fingerprint density at radius 3 is 2.23 bits per heavy atom. The molecule has 0 atom stereocenters. The predicted octanol–water partition coefficient (Wildman–Crippen LogP) is 2.89. The first-order valence-electron chi connectivity index (χ1n) is 9.77. The van der Waals surface area contributed by atoms with E-state index in [2.05, 4.69) is 0 Å². The maximum Gasteiger partial charge on any atom is 0.187 e. The minimum Gasteiger partial charge on any atom is -0.495 e. The van der Waals surface area contributed by atoms with E-state index >= 15 is 0 Å². The van der Waals surface area contributed by atoms with Gasteiger partial charge in [0.1, 0.15) is 17.6 Å². The Morgan fingerprint density at radius 2 is 1.61 bits per heavy atom. The summed E-state index contributed by atoms with van der Waals surface area (Å²) in [5, 5.41) is 10.1. The van der Waals surface area contributed by atoms with Crippen LogP contribution >= 0.6 is 0 Å². The number of nitrogens with zero attached hydrogens (tertiary/aromatic N) is 2. The second-order valence-corrected chi connectivity index (χ2v) is 7.58. The van der Waals surface area contributed by atoms with Crippen molar-refractivity contribution < 1.29 is 19.1 Å². The average molecular weight is 411 g/mol. The monoisotopic (exact) mass is 411 g/mol. The Kier molecular flexibility index (Phi) is 3.89. The van der Waals surface area contributed by atoms with Gasteiger partial charge in [-0.25, -0.2) is 0 Å². The predicted molar refractivity (Wildman–Crippen MR) is 111 cm³/mol. The van der Waals surface area contributed by atoms with Crippen LogP contribution in [0.25, 0.3) is 0 Å². The zero-order valence-corrected chi connectivity index (χ0v) is 16.6. The number of carbonyl (C=O) groups is 3. The van der Waals surface area contributed by atoms with Crippen LogP contribution in [-0.2, 0) is 4.79 Å². The van der Waals surface area contributed by atoms with Crippen molar-refractivity contribution >= 4 is 23.0 Å². The number of nitriles is 1. The smallest absolute Gasteiger partial charge is 0.187 e. The molecule has 0 fully saturated rings. The topological polar surface area (TPSA) is 113 Å². The standard InChI is InChI=1S/C24H17N3O4/c1-31-19-9-5-4-8-16(19)27-17-10-11-18(28)20(17)24(15(12-25)23(27)26)21(29)13-6-2-3-7-14(13)22(24)30/h2-9H,10-11,26H2,1H3. The minimum atomic E-state index is -2.02.